The third kappa shape index (κ3) is 2.13. The second-order valence-electron chi connectivity index (χ2n) is 3.75. The van der Waals surface area contributed by atoms with Crippen LogP contribution in [0.4, 0.5) is 10.5 Å². The van der Waals surface area contributed by atoms with E-state index in [9.17, 15) is 9.59 Å². The molecule has 1 unspecified atom stereocenters. The number of anilines is 1. The molecule has 2 N–H and O–H groups in total. The van der Waals surface area contributed by atoms with E-state index in [0.29, 0.717) is 12.1 Å². The Morgan fingerprint density at radius 3 is 2.69 bits per heavy atom. The van der Waals surface area contributed by atoms with Crippen molar-refractivity contribution in [1.82, 2.24) is 10.4 Å². The van der Waals surface area contributed by atoms with Gasteiger partial charge in [0, 0.05) is 5.69 Å². The number of urea groups is 1. The number of carbonyl (C=O) groups excluding carboxylic acids is 2. The molecule has 5 nitrogen and oxygen atoms in total. The summed E-state index contributed by atoms with van der Waals surface area (Å²) in [6.45, 7) is 1.82. The maximum atomic E-state index is 11.8. The fraction of sp³-hybridized carbons (Fsp3) is 0.273. The highest BCUT2D eigenvalue weighted by Crippen LogP contribution is 2.12. The smallest absolute Gasteiger partial charge is 0.306 e. The van der Waals surface area contributed by atoms with Gasteiger partial charge in [-0.15, -0.1) is 0 Å². The van der Waals surface area contributed by atoms with Gasteiger partial charge >= 0.3 is 6.03 Å². The molecule has 1 atom stereocenters. The number of carbonyl (C=O) groups is 2. The second kappa shape index (κ2) is 4.22. The van der Waals surface area contributed by atoms with Crippen molar-refractivity contribution in [3.63, 3.8) is 0 Å². The van der Waals surface area contributed by atoms with Gasteiger partial charge in [-0.3, -0.25) is 10.2 Å². The fourth-order valence-electron chi connectivity index (χ4n) is 1.61. The molecule has 0 aliphatic carbocycles. The number of hydrogen-bond donors (Lipinski definition) is 2. The van der Waals surface area contributed by atoms with Crippen LogP contribution in [0.25, 0.3) is 0 Å². The largest absolute Gasteiger partial charge is 0.340 e. The summed E-state index contributed by atoms with van der Waals surface area (Å²) in [4.78, 5) is 22.9. The van der Waals surface area contributed by atoms with Crippen LogP contribution < -0.4 is 10.7 Å². The molecule has 1 aromatic carbocycles. The monoisotopic (exact) mass is 219 g/mol. The summed E-state index contributed by atoms with van der Waals surface area (Å²) < 4.78 is 0. The predicted molar refractivity (Wildman–Crippen MR) is 59.5 cm³/mol. The van der Waals surface area contributed by atoms with E-state index in [-0.39, 0.29) is 18.0 Å². The van der Waals surface area contributed by atoms with Crippen molar-refractivity contribution in [3.05, 3.63) is 30.3 Å². The lowest BCUT2D eigenvalue weighted by Gasteiger charge is -2.20. The van der Waals surface area contributed by atoms with E-state index < -0.39 is 0 Å². The Morgan fingerprint density at radius 2 is 2.12 bits per heavy atom. The predicted octanol–water partition coefficient (Wildman–Crippen LogP) is 1.34. The van der Waals surface area contributed by atoms with E-state index in [1.165, 1.54) is 5.01 Å². The molecule has 84 valence electrons. The molecule has 1 aliphatic heterocycles. The van der Waals surface area contributed by atoms with E-state index in [2.05, 4.69) is 10.7 Å². The van der Waals surface area contributed by atoms with Crippen LogP contribution in [0.15, 0.2) is 30.3 Å². The molecule has 0 aromatic heterocycles. The molecule has 0 spiro atoms. The summed E-state index contributed by atoms with van der Waals surface area (Å²) in [6.07, 6.45) is 0.349. The Morgan fingerprint density at radius 1 is 1.44 bits per heavy atom. The van der Waals surface area contributed by atoms with E-state index in [1.54, 1.807) is 12.1 Å². The van der Waals surface area contributed by atoms with Crippen LogP contribution in [-0.4, -0.2) is 23.0 Å². The third-order valence-corrected chi connectivity index (χ3v) is 2.41. The number of hydrogen-bond acceptors (Lipinski definition) is 2. The van der Waals surface area contributed by atoms with Gasteiger partial charge in [-0.05, 0) is 19.1 Å². The van der Waals surface area contributed by atoms with Gasteiger partial charge in [0.25, 0.3) is 0 Å². The minimum Gasteiger partial charge on any atom is -0.306 e. The van der Waals surface area contributed by atoms with Gasteiger partial charge in [0.2, 0.25) is 5.91 Å². The molecule has 0 bridgehead atoms. The van der Waals surface area contributed by atoms with Crippen molar-refractivity contribution in [2.75, 3.05) is 5.32 Å². The van der Waals surface area contributed by atoms with Gasteiger partial charge in [0.1, 0.15) is 0 Å². The van der Waals surface area contributed by atoms with E-state index in [0.717, 1.165) is 0 Å². The van der Waals surface area contributed by atoms with Crippen molar-refractivity contribution in [2.24, 2.45) is 0 Å². The zero-order valence-corrected chi connectivity index (χ0v) is 8.93. The van der Waals surface area contributed by atoms with Gasteiger partial charge in [0.05, 0.1) is 12.5 Å². The van der Waals surface area contributed by atoms with Crippen molar-refractivity contribution in [2.45, 2.75) is 19.4 Å². The summed E-state index contributed by atoms with van der Waals surface area (Å²) in [7, 11) is 0. The average Bonchev–Trinajstić information content (AvgIpc) is 2.59. The first kappa shape index (κ1) is 10.5. The lowest BCUT2D eigenvalue weighted by atomic mass is 10.2. The molecule has 2 rings (SSSR count). The summed E-state index contributed by atoms with van der Waals surface area (Å²) in [5.41, 5.74) is 3.22. The normalized spacial score (nSPS) is 19.4. The Balaban J connectivity index is 2.01. The molecule has 3 amide bonds. The molecule has 16 heavy (non-hydrogen) atoms. The first-order chi connectivity index (χ1) is 7.66. The van der Waals surface area contributed by atoms with Crippen LogP contribution in [0, 0.1) is 0 Å². The lowest BCUT2D eigenvalue weighted by molar-refractivity contribution is -0.120. The van der Waals surface area contributed by atoms with Gasteiger partial charge < -0.3 is 5.32 Å². The summed E-state index contributed by atoms with van der Waals surface area (Å²) in [5, 5.41) is 4.02. The van der Waals surface area contributed by atoms with Crippen molar-refractivity contribution < 1.29 is 9.59 Å². The molecular formula is C11H13N3O2. The first-order valence-electron chi connectivity index (χ1n) is 5.11. The molecule has 0 radical (unpaired) electrons. The van der Waals surface area contributed by atoms with E-state index in [4.69, 9.17) is 0 Å². The van der Waals surface area contributed by atoms with Crippen molar-refractivity contribution in [1.29, 1.82) is 0 Å². The number of benzene rings is 1. The van der Waals surface area contributed by atoms with Crippen molar-refractivity contribution >= 4 is 17.6 Å². The number of hydrazine groups is 1. The van der Waals surface area contributed by atoms with Crippen LogP contribution >= 0.6 is 0 Å². The van der Waals surface area contributed by atoms with Gasteiger partial charge in [-0.2, -0.15) is 0 Å². The molecule has 1 aliphatic rings. The summed E-state index contributed by atoms with van der Waals surface area (Å²) in [6, 6.07) is 8.70. The number of rotatable bonds is 1. The SMILES string of the molecule is CC1CC(=O)NN1C(=O)Nc1ccccc1. The van der Waals surface area contributed by atoms with Gasteiger partial charge in [-0.1, -0.05) is 18.2 Å². The van der Waals surface area contributed by atoms with Crippen LogP contribution in [0.1, 0.15) is 13.3 Å². The zero-order chi connectivity index (χ0) is 11.5. The molecule has 0 saturated carbocycles. The summed E-state index contributed by atoms with van der Waals surface area (Å²) in [5.74, 6) is -0.129. The minimum absolute atomic E-state index is 0.115. The quantitative estimate of drug-likeness (QED) is 0.748. The highest BCUT2D eigenvalue weighted by atomic mass is 16.2. The maximum absolute atomic E-state index is 11.8. The van der Waals surface area contributed by atoms with Crippen molar-refractivity contribution in [3.8, 4) is 0 Å². The topological polar surface area (TPSA) is 61.4 Å². The Hall–Kier alpha value is -2.04. The zero-order valence-electron chi connectivity index (χ0n) is 8.93. The first-order valence-corrected chi connectivity index (χ1v) is 5.11. The lowest BCUT2D eigenvalue weighted by Crippen LogP contribution is -2.44. The van der Waals surface area contributed by atoms with Crippen LogP contribution in [0.2, 0.25) is 0 Å². The molecule has 1 fully saturated rings. The van der Waals surface area contributed by atoms with Gasteiger partial charge in [-0.25, -0.2) is 9.80 Å². The average molecular weight is 219 g/mol. The van der Waals surface area contributed by atoms with Crippen LogP contribution in [0.5, 0.6) is 0 Å². The third-order valence-electron chi connectivity index (χ3n) is 2.41. The van der Waals surface area contributed by atoms with E-state index in [1.807, 2.05) is 25.1 Å². The van der Waals surface area contributed by atoms with E-state index >= 15 is 0 Å². The highest BCUT2D eigenvalue weighted by Gasteiger charge is 2.30. The van der Waals surface area contributed by atoms with Crippen LogP contribution in [-0.2, 0) is 4.79 Å². The fourth-order valence-corrected chi connectivity index (χ4v) is 1.61. The number of para-hydroxylation sites is 1. The number of amides is 3. The Labute approximate surface area is 93.4 Å². The minimum atomic E-state index is -0.315. The molecule has 1 saturated heterocycles. The Bertz CT molecular complexity index is 405. The van der Waals surface area contributed by atoms with Gasteiger partial charge in [0.15, 0.2) is 0 Å². The Kier molecular flexibility index (Phi) is 2.76. The number of nitrogens with zero attached hydrogens (tertiary/aromatic N) is 1. The summed E-state index contributed by atoms with van der Waals surface area (Å²) >= 11 is 0. The maximum Gasteiger partial charge on any atom is 0.340 e. The number of nitrogens with one attached hydrogen (secondary N) is 2. The molecule has 5 heteroatoms. The molecule has 1 heterocycles. The standard InChI is InChI=1S/C11H13N3O2/c1-8-7-10(15)13-14(8)11(16)12-9-5-3-2-4-6-9/h2-6,8H,7H2,1H3,(H,12,16)(H,13,15). The second-order valence-corrected chi connectivity index (χ2v) is 3.75. The molecule has 1 aromatic rings. The highest BCUT2D eigenvalue weighted by molar-refractivity contribution is 5.93. The van der Waals surface area contributed by atoms with Crippen LogP contribution in [0.3, 0.4) is 0 Å². The molecular weight excluding hydrogens is 206 g/mol.